The molecule has 0 N–H and O–H groups in total. The molecule has 0 bridgehead atoms. The van der Waals surface area contributed by atoms with Crippen molar-refractivity contribution in [3.63, 3.8) is 0 Å². The highest BCUT2D eigenvalue weighted by atomic mass is 16.1. The van der Waals surface area contributed by atoms with Crippen molar-refractivity contribution in [2.75, 3.05) is 0 Å². The second-order valence-electron chi connectivity index (χ2n) is 4.59. The molecule has 0 saturated carbocycles. The van der Waals surface area contributed by atoms with E-state index in [4.69, 9.17) is 0 Å². The predicted octanol–water partition coefficient (Wildman–Crippen LogP) is 2.58. The number of benzene rings is 1. The van der Waals surface area contributed by atoms with Gasteiger partial charge in [-0.05, 0) is 31.0 Å². The maximum atomic E-state index is 12.5. The Morgan fingerprint density at radius 1 is 1.16 bits per heavy atom. The molecular weight excluding hydrogens is 238 g/mol. The number of carbonyl (C=O) groups excluding carboxylic acids is 1. The van der Waals surface area contributed by atoms with Gasteiger partial charge in [0.2, 0.25) is 0 Å². The summed E-state index contributed by atoms with van der Waals surface area (Å²) in [6.07, 6.45) is 6.62. The number of aromatic nitrogens is 3. The second kappa shape index (κ2) is 4.31. The molecule has 0 spiro atoms. The van der Waals surface area contributed by atoms with Crippen LogP contribution in [0.15, 0.2) is 43.0 Å². The number of hydrogen-bond acceptors (Lipinski definition) is 3. The first-order valence-corrected chi connectivity index (χ1v) is 6.06. The molecule has 94 valence electrons. The summed E-state index contributed by atoms with van der Waals surface area (Å²) in [7, 11) is 0. The lowest BCUT2D eigenvalue weighted by molar-refractivity contribution is 0.104. The first kappa shape index (κ1) is 11.6. The first-order valence-electron chi connectivity index (χ1n) is 6.06. The van der Waals surface area contributed by atoms with E-state index >= 15 is 0 Å². The largest absolute Gasteiger partial charge is 0.288 e. The number of carbonyl (C=O) groups is 1. The molecule has 0 aliphatic heterocycles. The zero-order chi connectivity index (χ0) is 13.4. The van der Waals surface area contributed by atoms with E-state index in [0.717, 1.165) is 11.1 Å². The van der Waals surface area contributed by atoms with Crippen LogP contribution in [0.2, 0.25) is 0 Å². The number of rotatable bonds is 2. The van der Waals surface area contributed by atoms with Gasteiger partial charge in [0.25, 0.3) is 0 Å². The number of aryl methyl sites for hydroxylation is 2. The van der Waals surface area contributed by atoms with Crippen LogP contribution >= 0.6 is 0 Å². The van der Waals surface area contributed by atoms with Crippen molar-refractivity contribution in [2.45, 2.75) is 13.8 Å². The van der Waals surface area contributed by atoms with E-state index in [9.17, 15) is 4.79 Å². The minimum atomic E-state index is -0.0221. The molecule has 2 heterocycles. The Morgan fingerprint density at radius 3 is 2.79 bits per heavy atom. The van der Waals surface area contributed by atoms with E-state index in [1.165, 1.54) is 5.56 Å². The smallest absolute Gasteiger partial charge is 0.196 e. The van der Waals surface area contributed by atoms with Crippen molar-refractivity contribution in [2.24, 2.45) is 0 Å². The Kier molecular flexibility index (Phi) is 2.63. The number of ketones is 1. The second-order valence-corrected chi connectivity index (χ2v) is 4.59. The van der Waals surface area contributed by atoms with Crippen LogP contribution in [0, 0.1) is 13.8 Å². The van der Waals surface area contributed by atoms with Gasteiger partial charge in [-0.2, -0.15) is 5.10 Å². The Balaban J connectivity index is 2.11. The van der Waals surface area contributed by atoms with E-state index in [0.29, 0.717) is 11.1 Å². The van der Waals surface area contributed by atoms with Gasteiger partial charge in [-0.1, -0.05) is 12.1 Å². The molecule has 4 nitrogen and oxygen atoms in total. The van der Waals surface area contributed by atoms with Gasteiger partial charge in [-0.3, -0.25) is 9.78 Å². The van der Waals surface area contributed by atoms with E-state index in [-0.39, 0.29) is 5.78 Å². The third kappa shape index (κ3) is 1.91. The number of nitrogens with zero attached hydrogens (tertiary/aromatic N) is 3. The summed E-state index contributed by atoms with van der Waals surface area (Å²) in [6.45, 7) is 4.03. The first-order chi connectivity index (χ1) is 9.16. The van der Waals surface area contributed by atoms with Gasteiger partial charge in [0.1, 0.15) is 0 Å². The van der Waals surface area contributed by atoms with Crippen molar-refractivity contribution in [3.8, 4) is 0 Å². The molecule has 0 atom stereocenters. The van der Waals surface area contributed by atoms with Gasteiger partial charge in [0.05, 0.1) is 23.5 Å². The molecule has 3 aromatic rings. The van der Waals surface area contributed by atoms with Crippen molar-refractivity contribution in [1.29, 1.82) is 0 Å². The standard InChI is InChI=1S/C15H13N3O/c1-10-3-4-12(7-11(10)2)15(19)13-8-17-18-6-5-16-9-14(13)18/h3-9H,1-2H3. The summed E-state index contributed by atoms with van der Waals surface area (Å²) in [4.78, 5) is 16.5. The molecule has 19 heavy (non-hydrogen) atoms. The summed E-state index contributed by atoms with van der Waals surface area (Å²) in [5.74, 6) is -0.0221. The van der Waals surface area contributed by atoms with Gasteiger partial charge < -0.3 is 0 Å². The quantitative estimate of drug-likeness (QED) is 0.658. The zero-order valence-corrected chi connectivity index (χ0v) is 10.8. The highest BCUT2D eigenvalue weighted by Crippen LogP contribution is 2.17. The Labute approximate surface area is 110 Å². The summed E-state index contributed by atoms with van der Waals surface area (Å²) >= 11 is 0. The van der Waals surface area contributed by atoms with E-state index in [1.807, 2.05) is 32.0 Å². The molecular formula is C15H13N3O. The van der Waals surface area contributed by atoms with Crippen molar-refractivity contribution < 1.29 is 4.79 Å². The molecule has 0 aliphatic rings. The highest BCUT2D eigenvalue weighted by molar-refractivity contribution is 6.13. The Hall–Kier alpha value is -2.49. The van der Waals surface area contributed by atoms with Crippen LogP contribution < -0.4 is 0 Å². The van der Waals surface area contributed by atoms with Crippen molar-refractivity contribution in [3.05, 3.63) is 65.2 Å². The number of fused-ring (bicyclic) bond motifs is 1. The highest BCUT2D eigenvalue weighted by Gasteiger charge is 2.15. The summed E-state index contributed by atoms with van der Waals surface area (Å²) in [5.41, 5.74) is 4.28. The Morgan fingerprint density at radius 2 is 2.00 bits per heavy atom. The predicted molar refractivity (Wildman–Crippen MR) is 72.3 cm³/mol. The molecule has 0 radical (unpaired) electrons. The molecule has 3 rings (SSSR count). The minimum absolute atomic E-state index is 0.0221. The molecule has 4 heteroatoms. The monoisotopic (exact) mass is 251 g/mol. The maximum absolute atomic E-state index is 12.5. The van der Waals surface area contributed by atoms with Crippen LogP contribution in [-0.2, 0) is 0 Å². The summed E-state index contributed by atoms with van der Waals surface area (Å²) in [6, 6.07) is 5.73. The van der Waals surface area contributed by atoms with Crippen LogP contribution in [0.4, 0.5) is 0 Å². The van der Waals surface area contributed by atoms with Crippen molar-refractivity contribution in [1.82, 2.24) is 14.6 Å². The minimum Gasteiger partial charge on any atom is -0.288 e. The van der Waals surface area contributed by atoms with Crippen LogP contribution in [0.1, 0.15) is 27.0 Å². The van der Waals surface area contributed by atoms with Crippen LogP contribution in [0.5, 0.6) is 0 Å². The van der Waals surface area contributed by atoms with Gasteiger partial charge in [0, 0.05) is 18.0 Å². The lowest BCUT2D eigenvalue weighted by atomic mass is 10.0. The fourth-order valence-electron chi connectivity index (χ4n) is 2.05. The van der Waals surface area contributed by atoms with E-state index in [2.05, 4.69) is 10.1 Å². The molecule has 0 aliphatic carbocycles. The van der Waals surface area contributed by atoms with Crippen LogP contribution in [0.3, 0.4) is 0 Å². The molecule has 2 aromatic heterocycles. The molecule has 0 saturated heterocycles. The SMILES string of the molecule is Cc1ccc(C(=O)c2cnn3ccncc23)cc1C. The fourth-order valence-corrected chi connectivity index (χ4v) is 2.05. The Bertz CT molecular complexity index is 774. The average molecular weight is 251 g/mol. The number of hydrogen-bond donors (Lipinski definition) is 0. The van der Waals surface area contributed by atoms with E-state index < -0.39 is 0 Å². The lowest BCUT2D eigenvalue weighted by Crippen LogP contribution is -2.02. The van der Waals surface area contributed by atoms with Gasteiger partial charge in [-0.15, -0.1) is 0 Å². The normalized spacial score (nSPS) is 10.8. The van der Waals surface area contributed by atoms with Crippen LogP contribution in [-0.4, -0.2) is 20.4 Å². The van der Waals surface area contributed by atoms with Crippen molar-refractivity contribution >= 4 is 11.3 Å². The summed E-state index contributed by atoms with van der Waals surface area (Å²) in [5, 5.41) is 4.16. The van der Waals surface area contributed by atoms with E-state index in [1.54, 1.807) is 29.3 Å². The molecule has 0 unspecified atom stereocenters. The van der Waals surface area contributed by atoms with Gasteiger partial charge >= 0.3 is 0 Å². The zero-order valence-electron chi connectivity index (χ0n) is 10.8. The van der Waals surface area contributed by atoms with Gasteiger partial charge in [-0.25, -0.2) is 4.52 Å². The lowest BCUT2D eigenvalue weighted by Gasteiger charge is -2.03. The summed E-state index contributed by atoms with van der Waals surface area (Å²) < 4.78 is 1.65. The third-order valence-corrected chi connectivity index (χ3v) is 3.34. The third-order valence-electron chi connectivity index (χ3n) is 3.34. The molecule has 1 aromatic carbocycles. The maximum Gasteiger partial charge on any atom is 0.196 e. The van der Waals surface area contributed by atoms with Crippen LogP contribution in [0.25, 0.3) is 5.52 Å². The fraction of sp³-hybridized carbons (Fsp3) is 0.133. The molecule has 0 fully saturated rings. The van der Waals surface area contributed by atoms with Gasteiger partial charge in [0.15, 0.2) is 5.78 Å². The molecule has 0 amide bonds. The average Bonchev–Trinajstić information content (AvgIpc) is 2.85. The topological polar surface area (TPSA) is 47.3 Å².